The molecule has 2 N–H and O–H groups in total. The van der Waals surface area contributed by atoms with Gasteiger partial charge in [0.1, 0.15) is 0 Å². The second-order valence-electron chi connectivity index (χ2n) is 5.60. The molecule has 114 valence electrons. The highest BCUT2D eigenvalue weighted by Crippen LogP contribution is 2.21. The zero-order valence-electron chi connectivity index (χ0n) is 11.9. The molecule has 0 spiro atoms. The summed E-state index contributed by atoms with van der Waals surface area (Å²) >= 11 is 5.91. The lowest BCUT2D eigenvalue weighted by molar-refractivity contribution is -0.136. The van der Waals surface area contributed by atoms with E-state index >= 15 is 0 Å². The van der Waals surface area contributed by atoms with Gasteiger partial charge >= 0.3 is 0 Å². The largest absolute Gasteiger partial charge is 0.379 e. The first kappa shape index (κ1) is 14.6. The fourth-order valence-electron chi connectivity index (χ4n) is 2.90. The molecule has 2 aliphatic heterocycles. The molecule has 3 rings (SSSR count). The lowest BCUT2D eigenvalue weighted by Crippen LogP contribution is -2.52. The van der Waals surface area contributed by atoms with Crippen molar-refractivity contribution in [3.63, 3.8) is 0 Å². The summed E-state index contributed by atoms with van der Waals surface area (Å²) in [6.07, 6.45) is 0. The maximum absolute atomic E-state index is 12.4. The number of carbonyl (C=O) groups is 1. The van der Waals surface area contributed by atoms with Gasteiger partial charge in [-0.15, -0.1) is 0 Å². The van der Waals surface area contributed by atoms with Crippen LogP contribution in [0, 0.1) is 5.92 Å². The van der Waals surface area contributed by atoms with Crippen LogP contribution in [0.1, 0.15) is 0 Å². The highest BCUT2D eigenvalue weighted by Gasteiger charge is 2.35. The summed E-state index contributed by atoms with van der Waals surface area (Å²) in [7, 11) is 0. The van der Waals surface area contributed by atoms with E-state index in [-0.39, 0.29) is 17.9 Å². The Labute approximate surface area is 129 Å². The van der Waals surface area contributed by atoms with Crippen LogP contribution < -0.4 is 10.6 Å². The number of halogens is 1. The predicted octanol–water partition coefficient (Wildman–Crippen LogP) is 0.962. The quantitative estimate of drug-likeness (QED) is 0.884. The summed E-state index contributed by atoms with van der Waals surface area (Å²) in [5, 5.41) is 0.739. The Kier molecular flexibility index (Phi) is 4.33. The first-order valence-electron chi connectivity index (χ1n) is 7.28. The summed E-state index contributed by atoms with van der Waals surface area (Å²) in [6, 6.07) is 7.65. The average molecular weight is 310 g/mol. The van der Waals surface area contributed by atoms with Crippen molar-refractivity contribution < 1.29 is 9.53 Å². The standard InChI is InChI=1S/C15H20ClN3O2/c16-11-1-3-12(4-2-11)18-5-7-19(8-6-18)15(20)13-9-21-10-14(13)17/h1-4,13-14H,5-10,17H2. The van der Waals surface area contributed by atoms with Gasteiger partial charge in [0.15, 0.2) is 0 Å². The maximum Gasteiger partial charge on any atom is 0.229 e. The SMILES string of the molecule is NC1COCC1C(=O)N1CCN(c2ccc(Cl)cc2)CC1. The molecule has 1 aromatic carbocycles. The van der Waals surface area contributed by atoms with E-state index in [1.807, 2.05) is 29.2 Å². The molecule has 0 aliphatic carbocycles. The van der Waals surface area contributed by atoms with Crippen LogP contribution in [0.4, 0.5) is 5.69 Å². The van der Waals surface area contributed by atoms with Gasteiger partial charge in [-0.2, -0.15) is 0 Å². The molecule has 2 heterocycles. The van der Waals surface area contributed by atoms with Gasteiger partial charge in [-0.1, -0.05) is 11.6 Å². The lowest BCUT2D eigenvalue weighted by Gasteiger charge is -2.37. The maximum atomic E-state index is 12.4. The monoisotopic (exact) mass is 309 g/mol. The number of nitrogens with zero attached hydrogens (tertiary/aromatic N) is 2. The molecule has 0 aromatic heterocycles. The lowest BCUT2D eigenvalue weighted by atomic mass is 10.0. The Morgan fingerprint density at radius 1 is 1.14 bits per heavy atom. The minimum absolute atomic E-state index is 0.135. The van der Waals surface area contributed by atoms with E-state index < -0.39 is 0 Å². The van der Waals surface area contributed by atoms with Crippen LogP contribution in [0.3, 0.4) is 0 Å². The second kappa shape index (κ2) is 6.22. The molecule has 21 heavy (non-hydrogen) atoms. The van der Waals surface area contributed by atoms with Gasteiger partial charge in [-0.25, -0.2) is 0 Å². The molecule has 5 nitrogen and oxygen atoms in total. The number of ether oxygens (including phenoxy) is 1. The normalized spacial score (nSPS) is 26.2. The molecule has 2 atom stereocenters. The van der Waals surface area contributed by atoms with Crippen molar-refractivity contribution in [3.8, 4) is 0 Å². The van der Waals surface area contributed by atoms with Crippen molar-refractivity contribution in [2.24, 2.45) is 11.7 Å². The van der Waals surface area contributed by atoms with Gasteiger partial charge in [0.05, 0.1) is 19.1 Å². The Balaban J connectivity index is 1.57. The number of amides is 1. The topological polar surface area (TPSA) is 58.8 Å². The third kappa shape index (κ3) is 3.15. The minimum Gasteiger partial charge on any atom is -0.379 e. The van der Waals surface area contributed by atoms with Crippen LogP contribution in [-0.2, 0) is 9.53 Å². The van der Waals surface area contributed by atoms with Crippen LogP contribution in [0.15, 0.2) is 24.3 Å². The van der Waals surface area contributed by atoms with E-state index in [0.29, 0.717) is 13.2 Å². The summed E-state index contributed by atoms with van der Waals surface area (Å²) in [5.74, 6) is -0.0390. The average Bonchev–Trinajstić information content (AvgIpc) is 2.94. The fourth-order valence-corrected chi connectivity index (χ4v) is 3.02. The fraction of sp³-hybridized carbons (Fsp3) is 0.533. The molecule has 0 bridgehead atoms. The highest BCUT2D eigenvalue weighted by atomic mass is 35.5. The number of carbonyl (C=O) groups excluding carboxylic acids is 1. The molecular formula is C15H20ClN3O2. The second-order valence-corrected chi connectivity index (χ2v) is 6.03. The number of anilines is 1. The number of benzene rings is 1. The number of hydrogen-bond donors (Lipinski definition) is 1. The summed E-state index contributed by atoms with van der Waals surface area (Å²) in [6.45, 7) is 4.06. The van der Waals surface area contributed by atoms with Crippen molar-refractivity contribution in [1.82, 2.24) is 4.90 Å². The van der Waals surface area contributed by atoms with Gasteiger partial charge in [-0.05, 0) is 24.3 Å². The van der Waals surface area contributed by atoms with Crippen molar-refractivity contribution in [1.29, 1.82) is 0 Å². The molecule has 2 unspecified atom stereocenters. The number of hydrogen-bond acceptors (Lipinski definition) is 4. The van der Waals surface area contributed by atoms with Crippen molar-refractivity contribution >= 4 is 23.2 Å². The van der Waals surface area contributed by atoms with E-state index in [2.05, 4.69) is 4.90 Å². The van der Waals surface area contributed by atoms with Crippen molar-refractivity contribution in [2.75, 3.05) is 44.3 Å². The van der Waals surface area contributed by atoms with Gasteiger partial charge in [0.2, 0.25) is 5.91 Å². The first-order valence-corrected chi connectivity index (χ1v) is 7.65. The summed E-state index contributed by atoms with van der Waals surface area (Å²) in [4.78, 5) is 16.6. The van der Waals surface area contributed by atoms with Crippen LogP contribution in [-0.4, -0.2) is 56.2 Å². The number of piperazine rings is 1. The molecule has 0 radical (unpaired) electrons. The van der Waals surface area contributed by atoms with Crippen molar-refractivity contribution in [2.45, 2.75) is 6.04 Å². The van der Waals surface area contributed by atoms with Crippen LogP contribution in [0.25, 0.3) is 0 Å². The minimum atomic E-state index is -0.174. The Bertz CT molecular complexity index is 500. The van der Waals surface area contributed by atoms with Crippen LogP contribution >= 0.6 is 11.6 Å². The predicted molar refractivity (Wildman–Crippen MR) is 82.5 cm³/mol. The Morgan fingerprint density at radius 3 is 2.38 bits per heavy atom. The summed E-state index contributed by atoms with van der Waals surface area (Å²) < 4.78 is 5.29. The third-order valence-electron chi connectivity index (χ3n) is 4.22. The Morgan fingerprint density at radius 2 is 1.81 bits per heavy atom. The molecule has 1 aromatic rings. The van der Waals surface area contributed by atoms with E-state index in [4.69, 9.17) is 22.1 Å². The summed E-state index contributed by atoms with van der Waals surface area (Å²) in [5.41, 5.74) is 7.07. The highest BCUT2D eigenvalue weighted by molar-refractivity contribution is 6.30. The molecule has 6 heteroatoms. The van der Waals surface area contributed by atoms with E-state index in [1.54, 1.807) is 0 Å². The molecule has 0 saturated carbocycles. The smallest absolute Gasteiger partial charge is 0.229 e. The number of nitrogens with two attached hydrogens (primary N) is 1. The van der Waals surface area contributed by atoms with E-state index in [9.17, 15) is 4.79 Å². The van der Waals surface area contributed by atoms with E-state index in [0.717, 1.165) is 36.9 Å². The van der Waals surface area contributed by atoms with E-state index in [1.165, 1.54) is 0 Å². The van der Waals surface area contributed by atoms with Gasteiger partial charge < -0.3 is 20.3 Å². The first-order chi connectivity index (χ1) is 10.1. The zero-order valence-corrected chi connectivity index (χ0v) is 12.6. The Hall–Kier alpha value is -1.30. The van der Waals surface area contributed by atoms with Gasteiger partial charge in [0, 0.05) is 42.9 Å². The van der Waals surface area contributed by atoms with Gasteiger partial charge in [0.25, 0.3) is 0 Å². The number of rotatable bonds is 2. The molecule has 2 aliphatic rings. The van der Waals surface area contributed by atoms with Crippen LogP contribution in [0.2, 0.25) is 5.02 Å². The molecular weight excluding hydrogens is 290 g/mol. The van der Waals surface area contributed by atoms with Crippen molar-refractivity contribution in [3.05, 3.63) is 29.3 Å². The van der Waals surface area contributed by atoms with Crippen LogP contribution in [0.5, 0.6) is 0 Å². The molecule has 2 fully saturated rings. The molecule has 2 saturated heterocycles. The zero-order chi connectivity index (χ0) is 14.8. The third-order valence-corrected chi connectivity index (χ3v) is 4.48. The molecule has 1 amide bonds. The van der Waals surface area contributed by atoms with Gasteiger partial charge in [-0.3, -0.25) is 4.79 Å².